The second-order valence-corrected chi connectivity index (χ2v) is 13.8. The summed E-state index contributed by atoms with van der Waals surface area (Å²) in [6, 6.07) is 11.3. The van der Waals surface area contributed by atoms with Crippen LogP contribution in [0.25, 0.3) is 10.2 Å². The molecule has 0 N–H and O–H groups in total. The number of rotatable bonds is 5. The Kier molecular flexibility index (Phi) is 6.23. The highest BCUT2D eigenvalue weighted by Crippen LogP contribution is 2.33. The minimum Gasteiger partial charge on any atom is -0.345 e. The lowest BCUT2D eigenvalue weighted by Crippen LogP contribution is -2.48. The van der Waals surface area contributed by atoms with Crippen LogP contribution in [0.15, 0.2) is 52.3 Å². The number of nitrogens with zero attached hydrogens (tertiary/aromatic N) is 3. The zero-order valence-electron chi connectivity index (χ0n) is 18.6. The lowest BCUT2D eigenvalue weighted by atomic mass is 10.2. The number of amides is 1. The minimum atomic E-state index is -3.46. The average molecular weight is 508 g/mol. The SMILES string of the molecule is CC(C)S(=O)(=O)c1cccc(C(=O)N2CCN(c3nc4c(S(C)(=O)=O)cccc4s3)CC2)c1. The Bertz CT molecular complexity index is 1420. The van der Waals surface area contributed by atoms with Crippen LogP contribution in [-0.4, -0.2) is 70.3 Å². The molecule has 0 spiro atoms. The summed E-state index contributed by atoms with van der Waals surface area (Å²) in [5.41, 5.74) is 0.824. The summed E-state index contributed by atoms with van der Waals surface area (Å²) in [4.78, 5) is 21.7. The van der Waals surface area contributed by atoms with Gasteiger partial charge in [0.05, 0.1) is 19.7 Å². The van der Waals surface area contributed by atoms with Crippen molar-refractivity contribution in [2.45, 2.75) is 28.9 Å². The van der Waals surface area contributed by atoms with Crippen molar-refractivity contribution in [1.29, 1.82) is 0 Å². The van der Waals surface area contributed by atoms with Gasteiger partial charge in [-0.2, -0.15) is 0 Å². The van der Waals surface area contributed by atoms with Gasteiger partial charge < -0.3 is 9.80 Å². The maximum absolute atomic E-state index is 13.0. The van der Waals surface area contributed by atoms with Gasteiger partial charge in [-0.1, -0.05) is 23.5 Å². The van der Waals surface area contributed by atoms with Gasteiger partial charge in [0.15, 0.2) is 24.8 Å². The van der Waals surface area contributed by atoms with E-state index in [0.717, 1.165) is 9.83 Å². The number of fused-ring (bicyclic) bond motifs is 1. The highest BCUT2D eigenvalue weighted by molar-refractivity contribution is 7.92. The monoisotopic (exact) mass is 507 g/mol. The average Bonchev–Trinajstić information content (AvgIpc) is 3.22. The number of carbonyl (C=O) groups excluding carboxylic acids is 1. The summed E-state index contributed by atoms with van der Waals surface area (Å²) in [6.45, 7) is 5.23. The first-order valence-corrected chi connectivity index (χ1v) is 14.7. The van der Waals surface area contributed by atoms with E-state index in [2.05, 4.69) is 4.98 Å². The van der Waals surface area contributed by atoms with Gasteiger partial charge in [-0.05, 0) is 44.2 Å². The molecule has 176 valence electrons. The fourth-order valence-electron chi connectivity index (χ4n) is 3.71. The van der Waals surface area contributed by atoms with Gasteiger partial charge in [0.2, 0.25) is 0 Å². The number of thiazole rings is 1. The summed E-state index contributed by atoms with van der Waals surface area (Å²) in [5.74, 6) is -0.209. The third-order valence-corrected chi connectivity index (χ3v) is 10.00. The van der Waals surface area contributed by atoms with Crippen LogP contribution in [0.1, 0.15) is 24.2 Å². The first-order chi connectivity index (χ1) is 15.5. The van der Waals surface area contributed by atoms with Gasteiger partial charge in [0.25, 0.3) is 5.91 Å². The minimum absolute atomic E-state index is 0.151. The predicted octanol–water partition coefficient (Wildman–Crippen LogP) is 2.84. The van der Waals surface area contributed by atoms with Crippen LogP contribution in [0.5, 0.6) is 0 Å². The highest BCUT2D eigenvalue weighted by Gasteiger charge is 2.26. The smallest absolute Gasteiger partial charge is 0.254 e. The number of sulfone groups is 2. The normalized spacial score (nSPS) is 15.4. The van der Waals surface area contributed by atoms with Gasteiger partial charge in [0.1, 0.15) is 5.52 Å². The number of hydrogen-bond acceptors (Lipinski definition) is 8. The molecule has 2 aromatic carbocycles. The van der Waals surface area contributed by atoms with Crippen molar-refractivity contribution in [3.8, 4) is 0 Å². The van der Waals surface area contributed by atoms with Crippen molar-refractivity contribution in [3.63, 3.8) is 0 Å². The molecule has 3 aromatic rings. The number of aromatic nitrogens is 1. The van der Waals surface area contributed by atoms with E-state index in [4.69, 9.17) is 0 Å². The van der Waals surface area contributed by atoms with Gasteiger partial charge in [-0.15, -0.1) is 0 Å². The molecule has 0 bridgehead atoms. The molecule has 1 amide bonds. The Balaban J connectivity index is 1.50. The van der Waals surface area contributed by atoms with Gasteiger partial charge in [0, 0.05) is 38.0 Å². The van der Waals surface area contributed by atoms with E-state index in [1.165, 1.54) is 29.7 Å². The van der Waals surface area contributed by atoms with Crippen LogP contribution in [0, 0.1) is 0 Å². The van der Waals surface area contributed by atoms with Crippen LogP contribution in [0.3, 0.4) is 0 Å². The van der Waals surface area contributed by atoms with E-state index >= 15 is 0 Å². The molecular weight excluding hydrogens is 482 g/mol. The van der Waals surface area contributed by atoms with Crippen LogP contribution < -0.4 is 4.90 Å². The van der Waals surface area contributed by atoms with E-state index in [1.54, 1.807) is 43.0 Å². The summed E-state index contributed by atoms with van der Waals surface area (Å²) >= 11 is 1.43. The fourth-order valence-corrected chi connectivity index (χ4v) is 6.75. The highest BCUT2D eigenvalue weighted by atomic mass is 32.2. The Morgan fingerprint density at radius 3 is 2.30 bits per heavy atom. The molecule has 1 aliphatic rings. The zero-order valence-corrected chi connectivity index (χ0v) is 21.0. The van der Waals surface area contributed by atoms with E-state index < -0.39 is 24.9 Å². The standard InChI is InChI=1S/C22H25N3O5S3/c1-15(2)33(29,30)17-7-4-6-16(14-17)21(26)24-10-12-25(13-11-24)22-23-20-18(31-22)8-5-9-19(20)32(3,27)28/h4-9,14-15H,10-13H2,1-3H3. The lowest BCUT2D eigenvalue weighted by Gasteiger charge is -2.34. The maximum Gasteiger partial charge on any atom is 0.254 e. The van der Waals surface area contributed by atoms with Crippen molar-refractivity contribution in [2.75, 3.05) is 37.3 Å². The van der Waals surface area contributed by atoms with Crippen molar-refractivity contribution in [3.05, 3.63) is 48.0 Å². The van der Waals surface area contributed by atoms with Crippen molar-refractivity contribution < 1.29 is 21.6 Å². The Morgan fingerprint density at radius 1 is 1.00 bits per heavy atom. The number of piperazine rings is 1. The molecule has 8 nitrogen and oxygen atoms in total. The summed E-state index contributed by atoms with van der Waals surface area (Å²) in [5, 5.41) is 0.154. The number of carbonyl (C=O) groups is 1. The quantitative estimate of drug-likeness (QED) is 0.523. The van der Waals surface area contributed by atoms with Crippen LogP contribution in [0.4, 0.5) is 5.13 Å². The van der Waals surface area contributed by atoms with Crippen molar-refractivity contribution in [2.24, 2.45) is 0 Å². The van der Waals surface area contributed by atoms with Gasteiger partial charge in [-0.3, -0.25) is 4.79 Å². The van der Waals surface area contributed by atoms with Crippen LogP contribution in [0.2, 0.25) is 0 Å². The molecular formula is C22H25N3O5S3. The third-order valence-electron chi connectivity index (χ3n) is 5.64. The third kappa shape index (κ3) is 4.62. The summed E-state index contributed by atoms with van der Waals surface area (Å²) < 4.78 is 49.9. The second kappa shape index (κ2) is 8.69. The zero-order chi connectivity index (χ0) is 24.0. The molecule has 2 heterocycles. The first-order valence-electron chi connectivity index (χ1n) is 10.5. The topological polar surface area (TPSA) is 105 Å². The van der Waals surface area contributed by atoms with Crippen LogP contribution >= 0.6 is 11.3 Å². The number of benzene rings is 2. The molecule has 1 saturated heterocycles. The second-order valence-electron chi connectivity index (χ2n) is 8.27. The molecule has 1 aliphatic heterocycles. The molecule has 0 unspecified atom stereocenters. The Labute approximate surface area is 197 Å². The van der Waals surface area contributed by atoms with Gasteiger partial charge >= 0.3 is 0 Å². The number of para-hydroxylation sites is 1. The largest absolute Gasteiger partial charge is 0.345 e. The van der Waals surface area contributed by atoms with E-state index in [9.17, 15) is 21.6 Å². The molecule has 0 saturated carbocycles. The molecule has 4 rings (SSSR count). The molecule has 1 aromatic heterocycles. The molecule has 0 atom stereocenters. The van der Waals surface area contributed by atoms with E-state index in [-0.39, 0.29) is 15.7 Å². The van der Waals surface area contributed by atoms with E-state index in [0.29, 0.717) is 37.3 Å². The molecule has 0 radical (unpaired) electrons. The molecule has 11 heteroatoms. The summed E-state index contributed by atoms with van der Waals surface area (Å²) in [7, 11) is -6.85. The molecule has 1 fully saturated rings. The maximum atomic E-state index is 13.0. The lowest BCUT2D eigenvalue weighted by molar-refractivity contribution is 0.0746. The fraction of sp³-hybridized carbons (Fsp3) is 0.364. The molecule has 33 heavy (non-hydrogen) atoms. The Morgan fingerprint density at radius 2 is 1.67 bits per heavy atom. The van der Waals surface area contributed by atoms with Crippen molar-refractivity contribution >= 4 is 52.3 Å². The van der Waals surface area contributed by atoms with Crippen molar-refractivity contribution in [1.82, 2.24) is 9.88 Å². The Hall–Kier alpha value is -2.50. The van der Waals surface area contributed by atoms with E-state index in [1.807, 2.05) is 11.0 Å². The predicted molar refractivity (Wildman–Crippen MR) is 130 cm³/mol. The first kappa shape index (κ1) is 23.7. The van der Waals surface area contributed by atoms with Gasteiger partial charge in [-0.25, -0.2) is 21.8 Å². The summed E-state index contributed by atoms with van der Waals surface area (Å²) in [6.07, 6.45) is 1.17. The number of anilines is 1. The molecule has 0 aliphatic carbocycles. The van der Waals surface area contributed by atoms with Crippen LogP contribution in [-0.2, 0) is 19.7 Å². The number of hydrogen-bond donors (Lipinski definition) is 0.